The molecule has 6 nitrogen and oxygen atoms in total. The molecule has 112 valence electrons. The summed E-state index contributed by atoms with van der Waals surface area (Å²) < 4.78 is 17.9. The summed E-state index contributed by atoms with van der Waals surface area (Å²) in [5.41, 5.74) is -0.172. The molecule has 0 saturated carbocycles. The van der Waals surface area contributed by atoms with E-state index in [1.165, 1.54) is 24.3 Å². The maximum Gasteiger partial charge on any atom is 0.325 e. The van der Waals surface area contributed by atoms with Gasteiger partial charge in [-0.2, -0.15) is 0 Å². The molecule has 1 aromatic rings. The van der Waals surface area contributed by atoms with Gasteiger partial charge in [0, 0.05) is 6.54 Å². The quantitative estimate of drug-likeness (QED) is 0.563. The molecule has 0 atom stereocenters. The molecule has 0 aliphatic rings. The van der Waals surface area contributed by atoms with E-state index in [0.717, 1.165) is 6.07 Å². The molecule has 0 spiro atoms. The minimum atomic E-state index is -0.798. The number of carbonyl (C=O) groups is 3. The molecule has 7 heteroatoms. The van der Waals surface area contributed by atoms with E-state index in [1.54, 1.807) is 0 Å². The van der Waals surface area contributed by atoms with Crippen LogP contribution in [0.15, 0.2) is 36.9 Å². The summed E-state index contributed by atoms with van der Waals surface area (Å²) in [5.74, 6) is -2.70. The van der Waals surface area contributed by atoms with Crippen molar-refractivity contribution < 1.29 is 23.5 Å². The number of hydrogen-bond acceptors (Lipinski definition) is 4. The summed E-state index contributed by atoms with van der Waals surface area (Å²) in [4.78, 5) is 34.0. The lowest BCUT2D eigenvalue weighted by molar-refractivity contribution is -0.147. The molecule has 0 aliphatic carbocycles. The van der Waals surface area contributed by atoms with E-state index in [-0.39, 0.29) is 12.1 Å². The number of ether oxygens (including phenoxy) is 1. The molecular formula is C14H15FN2O4. The Hall–Kier alpha value is -2.70. The average molecular weight is 294 g/mol. The number of hydrogen-bond donors (Lipinski definition) is 2. The van der Waals surface area contributed by atoms with Crippen LogP contribution in [0.4, 0.5) is 4.39 Å². The fourth-order valence-corrected chi connectivity index (χ4v) is 1.33. The second kappa shape index (κ2) is 8.47. The highest BCUT2D eigenvalue weighted by Crippen LogP contribution is 2.05. The molecule has 0 radical (unpaired) electrons. The van der Waals surface area contributed by atoms with Gasteiger partial charge in [0.05, 0.1) is 5.56 Å². The Morgan fingerprint density at radius 3 is 2.62 bits per heavy atom. The van der Waals surface area contributed by atoms with Crippen molar-refractivity contribution in [2.45, 2.75) is 0 Å². The largest absolute Gasteiger partial charge is 0.454 e. The second-order valence-electron chi connectivity index (χ2n) is 3.92. The third-order valence-electron chi connectivity index (χ3n) is 2.32. The van der Waals surface area contributed by atoms with Crippen molar-refractivity contribution in [3.05, 3.63) is 48.3 Å². The van der Waals surface area contributed by atoms with Crippen LogP contribution in [0.3, 0.4) is 0 Å². The highest BCUT2D eigenvalue weighted by Gasteiger charge is 2.13. The van der Waals surface area contributed by atoms with E-state index in [2.05, 4.69) is 21.9 Å². The third kappa shape index (κ3) is 5.85. The maximum atomic E-state index is 13.3. The molecule has 0 fully saturated rings. The van der Waals surface area contributed by atoms with Crippen LogP contribution in [-0.4, -0.2) is 37.5 Å². The Morgan fingerprint density at radius 2 is 1.95 bits per heavy atom. The summed E-state index contributed by atoms with van der Waals surface area (Å²) in [5, 5.41) is 4.62. The van der Waals surface area contributed by atoms with Gasteiger partial charge in [-0.05, 0) is 12.1 Å². The molecule has 0 saturated heterocycles. The number of benzene rings is 1. The van der Waals surface area contributed by atoms with Gasteiger partial charge < -0.3 is 15.4 Å². The van der Waals surface area contributed by atoms with E-state index in [4.69, 9.17) is 0 Å². The van der Waals surface area contributed by atoms with E-state index in [0.29, 0.717) is 0 Å². The molecule has 2 amide bonds. The summed E-state index contributed by atoms with van der Waals surface area (Å²) in [7, 11) is 0. The molecule has 0 aromatic heterocycles. The molecule has 0 bridgehead atoms. The maximum absolute atomic E-state index is 13.3. The highest BCUT2D eigenvalue weighted by atomic mass is 19.1. The van der Waals surface area contributed by atoms with Crippen LogP contribution in [0.5, 0.6) is 0 Å². The number of rotatable bonds is 7. The first-order chi connectivity index (χ1) is 10.0. The van der Waals surface area contributed by atoms with Gasteiger partial charge in [-0.15, -0.1) is 6.58 Å². The van der Waals surface area contributed by atoms with Crippen molar-refractivity contribution in [2.75, 3.05) is 19.7 Å². The zero-order valence-electron chi connectivity index (χ0n) is 11.2. The molecule has 1 aromatic carbocycles. The van der Waals surface area contributed by atoms with Crippen molar-refractivity contribution in [2.24, 2.45) is 0 Å². The standard InChI is InChI=1S/C14H15FN2O4/c1-2-7-16-12(18)9-21-13(19)8-17-14(20)10-5-3-4-6-11(10)15/h2-6H,1,7-9H2,(H,16,18)(H,17,20). The molecule has 1 rings (SSSR count). The van der Waals surface area contributed by atoms with Gasteiger partial charge in [-0.3, -0.25) is 14.4 Å². The van der Waals surface area contributed by atoms with Crippen LogP contribution in [0.1, 0.15) is 10.4 Å². The number of amides is 2. The predicted molar refractivity (Wildman–Crippen MR) is 72.9 cm³/mol. The topological polar surface area (TPSA) is 84.5 Å². The summed E-state index contributed by atoms with van der Waals surface area (Å²) in [6, 6.07) is 5.37. The SMILES string of the molecule is C=CCNC(=O)COC(=O)CNC(=O)c1ccccc1F. The lowest BCUT2D eigenvalue weighted by Crippen LogP contribution is -2.34. The highest BCUT2D eigenvalue weighted by molar-refractivity contribution is 5.96. The number of esters is 1. The average Bonchev–Trinajstić information content (AvgIpc) is 2.48. The van der Waals surface area contributed by atoms with Gasteiger partial charge in [0.15, 0.2) is 6.61 Å². The van der Waals surface area contributed by atoms with E-state index >= 15 is 0 Å². The summed E-state index contributed by atoms with van der Waals surface area (Å²) in [6.45, 7) is 2.76. The van der Waals surface area contributed by atoms with Crippen molar-refractivity contribution >= 4 is 17.8 Å². The number of nitrogens with one attached hydrogen (secondary N) is 2. The normalized spacial score (nSPS) is 9.57. The van der Waals surface area contributed by atoms with Gasteiger partial charge in [0.25, 0.3) is 11.8 Å². The number of carbonyl (C=O) groups excluding carboxylic acids is 3. The van der Waals surface area contributed by atoms with Gasteiger partial charge in [-0.1, -0.05) is 18.2 Å². The van der Waals surface area contributed by atoms with E-state index in [9.17, 15) is 18.8 Å². The zero-order chi connectivity index (χ0) is 15.7. The van der Waals surface area contributed by atoms with Crippen LogP contribution in [-0.2, 0) is 14.3 Å². The first-order valence-electron chi connectivity index (χ1n) is 6.10. The Kier molecular flexibility index (Phi) is 6.59. The smallest absolute Gasteiger partial charge is 0.325 e. The molecule has 0 heterocycles. The van der Waals surface area contributed by atoms with Gasteiger partial charge >= 0.3 is 5.97 Å². The Balaban J connectivity index is 2.33. The predicted octanol–water partition coefficient (Wildman–Crippen LogP) is 0.401. The minimum Gasteiger partial charge on any atom is -0.454 e. The monoisotopic (exact) mass is 294 g/mol. The van der Waals surface area contributed by atoms with Crippen molar-refractivity contribution in [1.29, 1.82) is 0 Å². The lowest BCUT2D eigenvalue weighted by atomic mass is 10.2. The van der Waals surface area contributed by atoms with E-state index < -0.39 is 36.8 Å². The van der Waals surface area contributed by atoms with Crippen LogP contribution >= 0.6 is 0 Å². The molecule has 2 N–H and O–H groups in total. The van der Waals surface area contributed by atoms with Gasteiger partial charge in [-0.25, -0.2) is 4.39 Å². The summed E-state index contributed by atoms with van der Waals surface area (Å²) in [6.07, 6.45) is 1.48. The molecule has 0 aliphatic heterocycles. The van der Waals surface area contributed by atoms with Crippen molar-refractivity contribution in [1.82, 2.24) is 10.6 Å². The lowest BCUT2D eigenvalue weighted by Gasteiger charge is -2.07. The Morgan fingerprint density at radius 1 is 1.24 bits per heavy atom. The zero-order valence-corrected chi connectivity index (χ0v) is 11.2. The number of halogens is 1. The third-order valence-corrected chi connectivity index (χ3v) is 2.32. The van der Waals surface area contributed by atoms with Crippen LogP contribution in [0.25, 0.3) is 0 Å². The molecular weight excluding hydrogens is 279 g/mol. The molecule has 21 heavy (non-hydrogen) atoms. The molecule has 0 unspecified atom stereocenters. The first kappa shape index (κ1) is 16.4. The Labute approximate surface area is 121 Å². The first-order valence-corrected chi connectivity index (χ1v) is 6.10. The van der Waals surface area contributed by atoms with Crippen LogP contribution in [0.2, 0.25) is 0 Å². The fraction of sp³-hybridized carbons (Fsp3) is 0.214. The van der Waals surface area contributed by atoms with Crippen LogP contribution in [0, 0.1) is 5.82 Å². The van der Waals surface area contributed by atoms with Crippen LogP contribution < -0.4 is 10.6 Å². The van der Waals surface area contributed by atoms with Gasteiger partial charge in [0.2, 0.25) is 0 Å². The van der Waals surface area contributed by atoms with Gasteiger partial charge in [0.1, 0.15) is 12.4 Å². The second-order valence-corrected chi connectivity index (χ2v) is 3.92. The van der Waals surface area contributed by atoms with Crippen molar-refractivity contribution in [3.63, 3.8) is 0 Å². The minimum absolute atomic E-state index is 0.172. The Bertz CT molecular complexity index is 546. The van der Waals surface area contributed by atoms with Crippen molar-refractivity contribution in [3.8, 4) is 0 Å². The fourth-order valence-electron chi connectivity index (χ4n) is 1.33. The van der Waals surface area contributed by atoms with E-state index in [1.807, 2.05) is 0 Å². The summed E-state index contributed by atoms with van der Waals surface area (Å²) >= 11 is 0.